The molecule has 1 aromatic rings. The predicted molar refractivity (Wildman–Crippen MR) is 62.3 cm³/mol. The van der Waals surface area contributed by atoms with Gasteiger partial charge < -0.3 is 10.5 Å². The number of nitrogens with two attached hydrogens (primary N) is 1. The van der Waals surface area contributed by atoms with Gasteiger partial charge >= 0.3 is 0 Å². The molecule has 0 amide bonds. The van der Waals surface area contributed by atoms with Gasteiger partial charge in [-0.3, -0.25) is 0 Å². The van der Waals surface area contributed by atoms with Crippen LogP contribution < -0.4 is 10.5 Å². The third kappa shape index (κ3) is 1.86. The van der Waals surface area contributed by atoms with E-state index in [2.05, 4.69) is 26.0 Å². The zero-order chi connectivity index (χ0) is 11.1. The van der Waals surface area contributed by atoms with Crippen LogP contribution in [0.25, 0.3) is 0 Å². The smallest absolute Gasteiger partial charge is 0.119 e. The lowest BCUT2D eigenvalue weighted by atomic mass is 9.84. The number of hydrogen-bond acceptors (Lipinski definition) is 2. The number of fused-ring (bicyclic) bond motifs is 1. The zero-order valence-electron chi connectivity index (χ0n) is 9.71. The van der Waals surface area contributed by atoms with Crippen LogP contribution in [0, 0.1) is 0 Å². The molecule has 1 aromatic carbocycles. The fourth-order valence-electron chi connectivity index (χ4n) is 2.48. The standard InChI is InChI=1S/C13H19NO/c1-13(2,14)12-7-5-9-4-6-10(15-3)8-11(9)12/h4,6,8,12H,5,7,14H2,1-3H3. The van der Waals surface area contributed by atoms with Crippen molar-refractivity contribution in [3.05, 3.63) is 29.3 Å². The van der Waals surface area contributed by atoms with Gasteiger partial charge in [-0.15, -0.1) is 0 Å². The van der Waals surface area contributed by atoms with Crippen molar-refractivity contribution in [1.29, 1.82) is 0 Å². The van der Waals surface area contributed by atoms with Crippen LogP contribution in [-0.2, 0) is 6.42 Å². The summed E-state index contributed by atoms with van der Waals surface area (Å²) in [6, 6.07) is 6.34. The normalized spacial score (nSPS) is 20.1. The molecule has 0 aromatic heterocycles. The molecule has 0 bridgehead atoms. The maximum Gasteiger partial charge on any atom is 0.119 e. The monoisotopic (exact) mass is 205 g/mol. The van der Waals surface area contributed by atoms with E-state index in [1.165, 1.54) is 11.1 Å². The summed E-state index contributed by atoms with van der Waals surface area (Å²) in [6.45, 7) is 4.21. The summed E-state index contributed by atoms with van der Waals surface area (Å²) in [6.07, 6.45) is 2.30. The Labute approximate surface area is 91.4 Å². The fourth-order valence-corrected chi connectivity index (χ4v) is 2.48. The van der Waals surface area contributed by atoms with Gasteiger partial charge in [0.1, 0.15) is 5.75 Å². The summed E-state index contributed by atoms with van der Waals surface area (Å²) in [5, 5.41) is 0. The molecule has 2 rings (SSSR count). The second kappa shape index (κ2) is 3.53. The van der Waals surface area contributed by atoms with Gasteiger partial charge in [0.05, 0.1) is 7.11 Å². The van der Waals surface area contributed by atoms with Gasteiger partial charge in [0.25, 0.3) is 0 Å². The molecule has 2 N–H and O–H groups in total. The SMILES string of the molecule is COc1ccc2c(c1)C(C(C)(C)N)CC2. The van der Waals surface area contributed by atoms with E-state index in [9.17, 15) is 0 Å². The number of rotatable bonds is 2. The van der Waals surface area contributed by atoms with Crippen molar-refractivity contribution in [2.75, 3.05) is 7.11 Å². The van der Waals surface area contributed by atoms with Crippen molar-refractivity contribution in [2.45, 2.75) is 38.1 Å². The van der Waals surface area contributed by atoms with Crippen LogP contribution in [0.2, 0.25) is 0 Å². The van der Waals surface area contributed by atoms with E-state index in [0.717, 1.165) is 18.6 Å². The van der Waals surface area contributed by atoms with Gasteiger partial charge in [-0.25, -0.2) is 0 Å². The molecular formula is C13H19NO. The first-order valence-corrected chi connectivity index (χ1v) is 5.48. The molecule has 0 saturated carbocycles. The molecule has 2 nitrogen and oxygen atoms in total. The lowest BCUT2D eigenvalue weighted by Gasteiger charge is -2.27. The van der Waals surface area contributed by atoms with E-state index < -0.39 is 0 Å². The maximum absolute atomic E-state index is 6.21. The molecule has 82 valence electrons. The second-order valence-corrected chi connectivity index (χ2v) is 4.98. The molecule has 0 aliphatic heterocycles. The minimum atomic E-state index is -0.141. The van der Waals surface area contributed by atoms with Crippen molar-refractivity contribution in [3.63, 3.8) is 0 Å². The van der Waals surface area contributed by atoms with E-state index in [1.807, 2.05) is 6.07 Å². The van der Waals surface area contributed by atoms with Gasteiger partial charge in [-0.1, -0.05) is 6.07 Å². The van der Waals surface area contributed by atoms with Crippen molar-refractivity contribution in [2.24, 2.45) is 5.73 Å². The number of ether oxygens (including phenoxy) is 1. The van der Waals surface area contributed by atoms with Gasteiger partial charge in [0.2, 0.25) is 0 Å². The fraction of sp³-hybridized carbons (Fsp3) is 0.538. The summed E-state index contributed by atoms with van der Waals surface area (Å²) >= 11 is 0. The van der Waals surface area contributed by atoms with Crippen LogP contribution in [0.1, 0.15) is 37.3 Å². The number of hydrogen-bond donors (Lipinski definition) is 1. The van der Waals surface area contributed by atoms with E-state index >= 15 is 0 Å². The second-order valence-electron chi connectivity index (χ2n) is 4.98. The van der Waals surface area contributed by atoms with Gasteiger partial charge in [-0.2, -0.15) is 0 Å². The van der Waals surface area contributed by atoms with Crippen molar-refractivity contribution in [1.82, 2.24) is 0 Å². The Balaban J connectivity index is 2.40. The quantitative estimate of drug-likeness (QED) is 0.805. The van der Waals surface area contributed by atoms with E-state index in [4.69, 9.17) is 10.5 Å². The first-order chi connectivity index (χ1) is 7.02. The largest absolute Gasteiger partial charge is 0.497 e. The van der Waals surface area contributed by atoms with E-state index in [1.54, 1.807) is 7.11 Å². The third-order valence-electron chi connectivity index (χ3n) is 3.33. The van der Waals surface area contributed by atoms with Crippen LogP contribution >= 0.6 is 0 Å². The van der Waals surface area contributed by atoms with Crippen molar-refractivity contribution >= 4 is 0 Å². The predicted octanol–water partition coefficient (Wildman–Crippen LogP) is 2.46. The molecule has 15 heavy (non-hydrogen) atoms. The summed E-state index contributed by atoms with van der Waals surface area (Å²) in [4.78, 5) is 0. The van der Waals surface area contributed by atoms with Crippen LogP contribution in [0.3, 0.4) is 0 Å². The topological polar surface area (TPSA) is 35.2 Å². The Kier molecular flexibility index (Phi) is 2.47. The molecule has 1 aliphatic carbocycles. The van der Waals surface area contributed by atoms with Crippen LogP contribution in [0.15, 0.2) is 18.2 Å². The van der Waals surface area contributed by atoms with Crippen molar-refractivity contribution in [3.8, 4) is 5.75 Å². The summed E-state index contributed by atoms with van der Waals surface area (Å²) in [7, 11) is 1.71. The molecule has 0 saturated heterocycles. The summed E-state index contributed by atoms with van der Waals surface area (Å²) in [5.41, 5.74) is 8.87. The minimum absolute atomic E-state index is 0.141. The van der Waals surface area contributed by atoms with E-state index in [0.29, 0.717) is 5.92 Å². The Morgan fingerprint density at radius 1 is 1.40 bits per heavy atom. The van der Waals surface area contributed by atoms with Gasteiger partial charge in [0.15, 0.2) is 0 Å². The van der Waals surface area contributed by atoms with Crippen LogP contribution in [-0.4, -0.2) is 12.6 Å². The summed E-state index contributed by atoms with van der Waals surface area (Å²) < 4.78 is 5.26. The Hall–Kier alpha value is -1.02. The average molecular weight is 205 g/mol. The van der Waals surface area contributed by atoms with E-state index in [-0.39, 0.29) is 5.54 Å². The number of aryl methyl sites for hydroxylation is 1. The first kappa shape index (κ1) is 10.5. The molecule has 0 spiro atoms. The van der Waals surface area contributed by atoms with Gasteiger partial charge in [-0.05, 0) is 49.9 Å². The average Bonchev–Trinajstić information content (AvgIpc) is 2.59. The van der Waals surface area contributed by atoms with Crippen LogP contribution in [0.5, 0.6) is 5.75 Å². The highest BCUT2D eigenvalue weighted by atomic mass is 16.5. The van der Waals surface area contributed by atoms with Crippen molar-refractivity contribution < 1.29 is 4.74 Å². The Morgan fingerprint density at radius 3 is 2.73 bits per heavy atom. The highest BCUT2D eigenvalue weighted by Crippen LogP contribution is 2.40. The highest BCUT2D eigenvalue weighted by molar-refractivity contribution is 5.42. The third-order valence-corrected chi connectivity index (χ3v) is 3.33. The first-order valence-electron chi connectivity index (χ1n) is 5.48. The molecule has 1 atom stereocenters. The number of methoxy groups -OCH3 is 1. The maximum atomic E-state index is 6.21. The highest BCUT2D eigenvalue weighted by Gasteiger charge is 2.32. The zero-order valence-corrected chi connectivity index (χ0v) is 9.71. The molecular weight excluding hydrogens is 186 g/mol. The van der Waals surface area contributed by atoms with Gasteiger partial charge in [0, 0.05) is 11.5 Å². The molecule has 1 unspecified atom stereocenters. The number of benzene rings is 1. The lowest BCUT2D eigenvalue weighted by Crippen LogP contribution is -2.38. The molecule has 0 heterocycles. The lowest BCUT2D eigenvalue weighted by molar-refractivity contribution is 0.400. The minimum Gasteiger partial charge on any atom is -0.497 e. The molecule has 1 aliphatic rings. The summed E-state index contributed by atoms with van der Waals surface area (Å²) in [5.74, 6) is 1.40. The molecule has 0 fully saturated rings. The Bertz CT molecular complexity index is 365. The van der Waals surface area contributed by atoms with Crippen LogP contribution in [0.4, 0.5) is 0 Å². The molecule has 0 radical (unpaired) electrons. The molecule has 2 heteroatoms. The Morgan fingerprint density at radius 2 is 2.13 bits per heavy atom.